The van der Waals surface area contributed by atoms with E-state index < -0.39 is 5.97 Å². The molecule has 122 valence electrons. The molecule has 0 radical (unpaired) electrons. The number of ether oxygens (including phenoxy) is 1. The molecule has 0 N–H and O–H groups in total. The molecule has 1 atom stereocenters. The number of esters is 1. The number of carbonyl (C=O) groups is 1. The fourth-order valence-electron chi connectivity index (χ4n) is 2.37. The predicted molar refractivity (Wildman–Crippen MR) is 89.2 cm³/mol. The van der Waals surface area contributed by atoms with Gasteiger partial charge in [-0.2, -0.15) is 0 Å². The number of likely N-dealkylation sites (N-methyl/N-ethyl adjacent to an activating group) is 1. The zero-order chi connectivity index (χ0) is 16.8. The normalized spacial score (nSPS) is 12.2. The fraction of sp³-hybridized carbons (Fsp3) is 0.389. The summed E-state index contributed by atoms with van der Waals surface area (Å²) in [6.07, 6.45) is 2.72. The summed E-state index contributed by atoms with van der Waals surface area (Å²) >= 11 is 0. The summed E-state index contributed by atoms with van der Waals surface area (Å²) in [5.74, 6) is -0.411. The smallest absolute Gasteiger partial charge is 0.356 e. The van der Waals surface area contributed by atoms with E-state index in [2.05, 4.69) is 34.8 Å². The van der Waals surface area contributed by atoms with Crippen molar-refractivity contribution in [2.45, 2.75) is 32.9 Å². The Morgan fingerprint density at radius 3 is 2.78 bits per heavy atom. The predicted octanol–water partition coefficient (Wildman–Crippen LogP) is 2.63. The van der Waals surface area contributed by atoms with E-state index >= 15 is 0 Å². The minimum absolute atomic E-state index is 0.313. The van der Waals surface area contributed by atoms with Crippen LogP contribution in [-0.4, -0.2) is 41.0 Å². The van der Waals surface area contributed by atoms with E-state index in [-0.39, 0.29) is 0 Å². The topological polar surface area (TPSA) is 55.3 Å². The molecule has 0 bridgehead atoms. The molecular formula is C18H23N3O2. The zero-order valence-corrected chi connectivity index (χ0v) is 14.1. The lowest BCUT2D eigenvalue weighted by molar-refractivity contribution is 0.0593. The van der Waals surface area contributed by atoms with E-state index in [1.807, 2.05) is 31.4 Å². The minimum Gasteiger partial charge on any atom is -0.464 e. The summed E-state index contributed by atoms with van der Waals surface area (Å²) in [7, 11) is 3.41. The Labute approximate surface area is 137 Å². The van der Waals surface area contributed by atoms with E-state index in [1.165, 1.54) is 12.7 Å². The Kier molecular flexibility index (Phi) is 5.82. The van der Waals surface area contributed by atoms with Crippen molar-refractivity contribution in [3.05, 3.63) is 59.2 Å². The van der Waals surface area contributed by atoms with Crippen molar-refractivity contribution < 1.29 is 9.53 Å². The van der Waals surface area contributed by atoms with Crippen LogP contribution in [0.4, 0.5) is 0 Å². The van der Waals surface area contributed by atoms with E-state index in [9.17, 15) is 4.79 Å². The van der Waals surface area contributed by atoms with Crippen LogP contribution in [0.2, 0.25) is 0 Å². The van der Waals surface area contributed by atoms with Crippen molar-refractivity contribution in [3.8, 4) is 0 Å². The van der Waals surface area contributed by atoms with Crippen molar-refractivity contribution in [3.63, 3.8) is 0 Å². The zero-order valence-electron chi connectivity index (χ0n) is 14.1. The van der Waals surface area contributed by atoms with Gasteiger partial charge < -0.3 is 4.74 Å². The Hall–Kier alpha value is -2.27. The molecule has 0 saturated heterocycles. The van der Waals surface area contributed by atoms with Crippen LogP contribution in [0, 0.1) is 6.92 Å². The standard InChI is InChI=1S/C18H23N3O2/c1-13-8-9-19-16(10-13)11-14(2)21(3)12-15-6-5-7-17(20-15)18(22)23-4/h5-10,14H,11-12H2,1-4H3/t14-/m0/s1. The van der Waals surface area contributed by atoms with E-state index in [0.717, 1.165) is 17.8 Å². The summed E-state index contributed by atoms with van der Waals surface area (Å²) in [6.45, 7) is 4.90. The monoisotopic (exact) mass is 313 g/mol. The molecule has 2 heterocycles. The van der Waals surface area contributed by atoms with Gasteiger partial charge in [-0.15, -0.1) is 0 Å². The minimum atomic E-state index is -0.411. The lowest BCUT2D eigenvalue weighted by Crippen LogP contribution is -2.31. The van der Waals surface area contributed by atoms with Gasteiger partial charge in [0.2, 0.25) is 0 Å². The number of hydrogen-bond donors (Lipinski definition) is 0. The molecule has 0 unspecified atom stereocenters. The second kappa shape index (κ2) is 7.83. The highest BCUT2D eigenvalue weighted by Gasteiger charge is 2.13. The Balaban J connectivity index is 2.00. The van der Waals surface area contributed by atoms with Gasteiger partial charge in [0.1, 0.15) is 5.69 Å². The van der Waals surface area contributed by atoms with Gasteiger partial charge in [-0.3, -0.25) is 9.88 Å². The molecule has 0 aromatic carbocycles. The summed E-state index contributed by atoms with van der Waals surface area (Å²) < 4.78 is 4.71. The average Bonchev–Trinajstić information content (AvgIpc) is 2.54. The molecular weight excluding hydrogens is 290 g/mol. The van der Waals surface area contributed by atoms with Crippen molar-refractivity contribution in [1.82, 2.24) is 14.9 Å². The van der Waals surface area contributed by atoms with Gasteiger partial charge in [-0.05, 0) is 50.7 Å². The number of hydrogen-bond acceptors (Lipinski definition) is 5. The first-order chi connectivity index (χ1) is 11.0. The van der Waals surface area contributed by atoms with Crippen molar-refractivity contribution in [2.24, 2.45) is 0 Å². The molecule has 0 aliphatic rings. The summed E-state index contributed by atoms with van der Waals surface area (Å²) in [5.41, 5.74) is 3.49. The fourth-order valence-corrected chi connectivity index (χ4v) is 2.37. The number of methoxy groups -OCH3 is 1. The number of aryl methyl sites for hydroxylation is 1. The van der Waals surface area contributed by atoms with Crippen molar-refractivity contribution >= 4 is 5.97 Å². The molecule has 0 aliphatic carbocycles. The third-order valence-electron chi connectivity index (χ3n) is 3.84. The van der Waals surface area contributed by atoms with Crippen LogP contribution in [0.5, 0.6) is 0 Å². The van der Waals surface area contributed by atoms with Crippen LogP contribution < -0.4 is 0 Å². The highest BCUT2D eigenvalue weighted by atomic mass is 16.5. The van der Waals surface area contributed by atoms with Crippen LogP contribution in [0.15, 0.2) is 36.5 Å². The van der Waals surface area contributed by atoms with Crippen LogP contribution in [-0.2, 0) is 17.7 Å². The number of nitrogens with zero attached hydrogens (tertiary/aromatic N) is 3. The largest absolute Gasteiger partial charge is 0.464 e. The third kappa shape index (κ3) is 4.86. The summed E-state index contributed by atoms with van der Waals surface area (Å²) in [4.78, 5) is 22.5. The number of carbonyl (C=O) groups excluding carboxylic acids is 1. The molecule has 0 amide bonds. The SMILES string of the molecule is COC(=O)c1cccc(CN(C)[C@@H](C)Cc2cc(C)ccn2)n1. The van der Waals surface area contributed by atoms with Gasteiger partial charge >= 0.3 is 5.97 Å². The first-order valence-corrected chi connectivity index (χ1v) is 7.65. The second-order valence-corrected chi connectivity index (χ2v) is 5.80. The molecule has 5 nitrogen and oxygen atoms in total. The molecule has 0 spiro atoms. The summed E-state index contributed by atoms with van der Waals surface area (Å²) in [5, 5.41) is 0. The molecule has 0 saturated carbocycles. The average molecular weight is 313 g/mol. The van der Waals surface area contributed by atoms with Crippen LogP contribution in [0.1, 0.15) is 34.4 Å². The van der Waals surface area contributed by atoms with Crippen molar-refractivity contribution in [2.75, 3.05) is 14.2 Å². The number of rotatable bonds is 6. The maximum atomic E-state index is 11.6. The Morgan fingerprint density at radius 1 is 1.30 bits per heavy atom. The lowest BCUT2D eigenvalue weighted by atomic mass is 10.1. The molecule has 5 heteroatoms. The van der Waals surface area contributed by atoms with Gasteiger partial charge in [0.15, 0.2) is 0 Å². The first kappa shape index (κ1) is 17.1. The van der Waals surface area contributed by atoms with Crippen molar-refractivity contribution in [1.29, 1.82) is 0 Å². The maximum absolute atomic E-state index is 11.6. The van der Waals surface area contributed by atoms with Gasteiger partial charge in [0.05, 0.1) is 12.8 Å². The Bertz CT molecular complexity index is 673. The van der Waals surface area contributed by atoms with E-state index in [4.69, 9.17) is 4.74 Å². The van der Waals surface area contributed by atoms with Crippen LogP contribution in [0.25, 0.3) is 0 Å². The number of pyridine rings is 2. The lowest BCUT2D eigenvalue weighted by Gasteiger charge is -2.24. The van der Waals surface area contributed by atoms with Crippen LogP contribution in [0.3, 0.4) is 0 Å². The third-order valence-corrected chi connectivity index (χ3v) is 3.84. The van der Waals surface area contributed by atoms with E-state index in [0.29, 0.717) is 18.3 Å². The number of aromatic nitrogens is 2. The summed E-state index contributed by atoms with van der Waals surface area (Å²) in [6, 6.07) is 9.83. The van der Waals surface area contributed by atoms with Gasteiger partial charge in [-0.1, -0.05) is 6.07 Å². The molecule has 0 aliphatic heterocycles. The second-order valence-electron chi connectivity index (χ2n) is 5.80. The molecule has 2 aromatic rings. The molecule has 2 rings (SSSR count). The molecule has 23 heavy (non-hydrogen) atoms. The van der Waals surface area contributed by atoms with Gasteiger partial charge in [0, 0.05) is 30.9 Å². The molecule has 0 fully saturated rings. The van der Waals surface area contributed by atoms with E-state index in [1.54, 1.807) is 6.07 Å². The Morgan fingerprint density at radius 2 is 2.09 bits per heavy atom. The maximum Gasteiger partial charge on any atom is 0.356 e. The van der Waals surface area contributed by atoms with Gasteiger partial charge in [0.25, 0.3) is 0 Å². The highest BCUT2D eigenvalue weighted by molar-refractivity contribution is 5.87. The van der Waals surface area contributed by atoms with Gasteiger partial charge in [-0.25, -0.2) is 9.78 Å². The molecule has 2 aromatic heterocycles. The first-order valence-electron chi connectivity index (χ1n) is 7.65. The quantitative estimate of drug-likeness (QED) is 0.767. The van der Waals surface area contributed by atoms with Crippen LogP contribution >= 0.6 is 0 Å². The highest BCUT2D eigenvalue weighted by Crippen LogP contribution is 2.10.